The molecule has 0 aliphatic heterocycles. The van der Waals surface area contributed by atoms with Crippen LogP contribution in [0.3, 0.4) is 0 Å². The zero-order valence-corrected chi connectivity index (χ0v) is 17.6. The van der Waals surface area contributed by atoms with Crippen molar-refractivity contribution in [1.82, 2.24) is 9.55 Å². The molecular formula is C24H26N4O2. The predicted octanol–water partition coefficient (Wildman–Crippen LogP) is 3.44. The van der Waals surface area contributed by atoms with E-state index in [0.717, 1.165) is 41.3 Å². The Kier molecular flexibility index (Phi) is 4.85. The second-order valence-electron chi connectivity index (χ2n) is 8.65. The quantitative estimate of drug-likeness (QED) is 0.796. The highest BCUT2D eigenvalue weighted by molar-refractivity contribution is 6.00. The summed E-state index contributed by atoms with van der Waals surface area (Å²) in [5.74, 6) is 0.497. The Morgan fingerprint density at radius 3 is 2.90 bits per heavy atom. The summed E-state index contributed by atoms with van der Waals surface area (Å²) >= 11 is 0. The van der Waals surface area contributed by atoms with Crippen LogP contribution in [-0.2, 0) is 27.8 Å². The van der Waals surface area contributed by atoms with Gasteiger partial charge in [0.05, 0.1) is 12.3 Å². The van der Waals surface area contributed by atoms with Gasteiger partial charge in [-0.1, -0.05) is 32.1 Å². The fourth-order valence-electron chi connectivity index (χ4n) is 5.27. The van der Waals surface area contributed by atoms with Crippen LogP contribution in [0.2, 0.25) is 0 Å². The molecule has 30 heavy (non-hydrogen) atoms. The number of aromatic nitrogens is 2. The van der Waals surface area contributed by atoms with Crippen molar-refractivity contribution in [3.05, 3.63) is 70.2 Å². The van der Waals surface area contributed by atoms with Crippen LogP contribution in [0.5, 0.6) is 0 Å². The minimum atomic E-state index is -0.430. The van der Waals surface area contributed by atoms with E-state index in [1.807, 2.05) is 38.1 Å². The number of rotatable bonds is 4. The number of primary amides is 1. The van der Waals surface area contributed by atoms with Crippen LogP contribution in [0.1, 0.15) is 49.5 Å². The van der Waals surface area contributed by atoms with E-state index >= 15 is 0 Å². The van der Waals surface area contributed by atoms with E-state index in [1.165, 1.54) is 0 Å². The number of hydrogen-bond donors (Lipinski definition) is 1. The molecule has 0 saturated carbocycles. The van der Waals surface area contributed by atoms with Crippen molar-refractivity contribution in [3.63, 3.8) is 0 Å². The topological polar surface area (TPSA) is 82.3 Å². The largest absolute Gasteiger partial charge is 0.370 e. The van der Waals surface area contributed by atoms with E-state index in [0.29, 0.717) is 12.8 Å². The third kappa shape index (κ3) is 3.06. The Hall–Kier alpha value is -3.20. The van der Waals surface area contributed by atoms with Gasteiger partial charge in [0.2, 0.25) is 11.6 Å². The summed E-state index contributed by atoms with van der Waals surface area (Å²) in [5.41, 5.74) is 9.29. The number of Topliss-reactive ketones (excluding diaryl/α,β-unsaturated/α-hetero) is 1. The van der Waals surface area contributed by atoms with E-state index in [9.17, 15) is 9.59 Å². The van der Waals surface area contributed by atoms with E-state index in [-0.39, 0.29) is 29.2 Å². The number of imidazole rings is 1. The zero-order chi connectivity index (χ0) is 21.6. The van der Waals surface area contributed by atoms with Gasteiger partial charge in [0.15, 0.2) is 5.78 Å². The maximum Gasteiger partial charge on any atom is 0.226 e. The molecule has 1 aromatic heterocycles. The Morgan fingerprint density at radius 1 is 1.43 bits per heavy atom. The summed E-state index contributed by atoms with van der Waals surface area (Å²) < 4.78 is 2.18. The first-order valence-corrected chi connectivity index (χ1v) is 10.4. The highest BCUT2D eigenvalue weighted by Crippen LogP contribution is 2.50. The van der Waals surface area contributed by atoms with Crippen molar-refractivity contribution in [2.24, 2.45) is 17.6 Å². The molecule has 0 saturated heterocycles. The van der Waals surface area contributed by atoms with Crippen LogP contribution in [-0.4, -0.2) is 21.2 Å². The molecule has 0 radical (unpaired) electrons. The van der Waals surface area contributed by atoms with Crippen molar-refractivity contribution in [2.75, 3.05) is 0 Å². The number of carbonyl (C=O) groups is 2. The number of hydrogen-bond acceptors (Lipinski definition) is 3. The third-order valence-corrected chi connectivity index (χ3v) is 6.77. The van der Waals surface area contributed by atoms with Crippen LogP contribution in [0, 0.1) is 25.3 Å². The standard InChI is InChI=1S/C24H26N4O2/c1-14-18-9-10-20-23(24(18,3)13-19(26-4)22(14)30)27-15(2)28(20)17-7-5-6-16(12-17)8-11-21(25)29/h5-7,12-14,18H,8-11H2,1-3H3,(H2,25,29)/t14-,18-,24-/m0/s1. The number of nitrogens with zero attached hydrogens (tertiary/aromatic N) is 3. The van der Waals surface area contributed by atoms with Gasteiger partial charge in [-0.3, -0.25) is 4.79 Å². The molecule has 6 nitrogen and oxygen atoms in total. The second-order valence-corrected chi connectivity index (χ2v) is 8.65. The number of amides is 1. The fraction of sp³-hybridized carbons (Fsp3) is 0.417. The van der Waals surface area contributed by atoms with Gasteiger partial charge in [-0.25, -0.2) is 9.83 Å². The Labute approximate surface area is 176 Å². The average Bonchev–Trinajstić information content (AvgIpc) is 3.06. The van der Waals surface area contributed by atoms with Gasteiger partial charge in [0, 0.05) is 29.1 Å². The molecule has 1 heterocycles. The lowest BCUT2D eigenvalue weighted by molar-refractivity contribution is -0.121. The molecule has 0 fully saturated rings. The lowest BCUT2D eigenvalue weighted by Gasteiger charge is -2.44. The van der Waals surface area contributed by atoms with Crippen molar-refractivity contribution < 1.29 is 9.59 Å². The van der Waals surface area contributed by atoms with E-state index < -0.39 is 5.41 Å². The summed E-state index contributed by atoms with van der Waals surface area (Å²) in [6, 6.07) is 8.12. The highest BCUT2D eigenvalue weighted by Gasteiger charge is 2.49. The van der Waals surface area contributed by atoms with Crippen molar-refractivity contribution in [1.29, 1.82) is 0 Å². The number of fused-ring (bicyclic) bond motifs is 3. The first kappa shape index (κ1) is 20.1. The Balaban J connectivity index is 1.81. The number of allylic oxidation sites excluding steroid dienone is 2. The van der Waals surface area contributed by atoms with Gasteiger partial charge in [0.25, 0.3) is 0 Å². The van der Waals surface area contributed by atoms with Crippen LogP contribution in [0.15, 0.2) is 36.0 Å². The molecule has 154 valence electrons. The first-order chi connectivity index (χ1) is 14.3. The minimum Gasteiger partial charge on any atom is -0.370 e. The van der Waals surface area contributed by atoms with Crippen LogP contribution in [0.4, 0.5) is 0 Å². The lowest BCUT2D eigenvalue weighted by atomic mass is 9.59. The van der Waals surface area contributed by atoms with Crippen molar-refractivity contribution in [2.45, 2.75) is 51.9 Å². The van der Waals surface area contributed by atoms with Gasteiger partial charge < -0.3 is 15.1 Å². The lowest BCUT2D eigenvalue weighted by Crippen LogP contribution is -2.45. The summed E-state index contributed by atoms with van der Waals surface area (Å²) in [7, 11) is 0. The van der Waals surface area contributed by atoms with Crippen molar-refractivity contribution in [3.8, 4) is 5.69 Å². The molecule has 4 rings (SSSR count). The summed E-state index contributed by atoms with van der Waals surface area (Å²) in [6.45, 7) is 13.5. The number of carbonyl (C=O) groups excluding carboxylic acids is 2. The molecule has 2 aliphatic rings. The van der Waals surface area contributed by atoms with E-state index in [4.69, 9.17) is 17.3 Å². The molecule has 0 bridgehead atoms. The van der Waals surface area contributed by atoms with Gasteiger partial charge in [-0.2, -0.15) is 0 Å². The van der Waals surface area contributed by atoms with Crippen LogP contribution >= 0.6 is 0 Å². The number of aryl methyl sites for hydroxylation is 2. The smallest absolute Gasteiger partial charge is 0.226 e. The maximum absolute atomic E-state index is 12.6. The van der Waals surface area contributed by atoms with Crippen molar-refractivity contribution >= 4 is 11.7 Å². The Bertz CT molecular complexity index is 1120. The second kappa shape index (κ2) is 7.24. The molecular weight excluding hydrogens is 376 g/mol. The first-order valence-electron chi connectivity index (χ1n) is 10.4. The highest BCUT2D eigenvalue weighted by atomic mass is 16.1. The summed E-state index contributed by atoms with van der Waals surface area (Å²) in [5, 5.41) is 0. The minimum absolute atomic E-state index is 0.0470. The monoisotopic (exact) mass is 402 g/mol. The van der Waals surface area contributed by atoms with Crippen LogP contribution < -0.4 is 5.73 Å². The molecule has 6 heteroatoms. The molecule has 1 amide bonds. The maximum atomic E-state index is 12.6. The summed E-state index contributed by atoms with van der Waals surface area (Å²) in [6.07, 6.45) is 4.49. The van der Waals surface area contributed by atoms with E-state index in [1.54, 1.807) is 0 Å². The molecule has 0 unspecified atom stereocenters. The predicted molar refractivity (Wildman–Crippen MR) is 114 cm³/mol. The van der Waals surface area contributed by atoms with Gasteiger partial charge in [0.1, 0.15) is 5.82 Å². The van der Waals surface area contributed by atoms with Gasteiger partial charge in [-0.05, 0) is 49.8 Å². The van der Waals surface area contributed by atoms with Gasteiger partial charge >= 0.3 is 0 Å². The molecule has 0 spiro atoms. The summed E-state index contributed by atoms with van der Waals surface area (Å²) in [4.78, 5) is 32.2. The molecule has 2 aromatic rings. The fourth-order valence-corrected chi connectivity index (χ4v) is 5.27. The molecule has 2 aliphatic carbocycles. The Morgan fingerprint density at radius 2 is 2.20 bits per heavy atom. The number of nitrogens with two attached hydrogens (primary N) is 1. The molecule has 2 N–H and O–H groups in total. The SMILES string of the molecule is [C-]#[N+]C1=C[C@]2(C)c3nc(C)n(-c4cccc(CCC(N)=O)c4)c3CC[C@H]2[C@H](C)C1=O. The van der Waals surface area contributed by atoms with Crippen LogP contribution in [0.25, 0.3) is 10.5 Å². The average molecular weight is 402 g/mol. The number of benzene rings is 1. The third-order valence-electron chi connectivity index (χ3n) is 6.77. The molecule has 3 atom stereocenters. The van der Waals surface area contributed by atoms with E-state index in [2.05, 4.69) is 22.4 Å². The normalized spacial score (nSPS) is 25.1. The zero-order valence-electron chi connectivity index (χ0n) is 17.6. The molecule has 1 aromatic carbocycles. The van der Waals surface area contributed by atoms with Gasteiger partial charge in [-0.15, -0.1) is 0 Å². The number of ketones is 1.